The SMILES string of the molecule is Cc1n[nH]c(C)c1S(=O)(=O)N1CCCN(S(=O)(=O)C2CCCCC2)CC1. The molecule has 3 rings (SSSR count). The van der Waals surface area contributed by atoms with Gasteiger partial charge in [0.1, 0.15) is 4.90 Å². The molecule has 0 bridgehead atoms. The van der Waals surface area contributed by atoms with Crippen molar-refractivity contribution in [1.29, 1.82) is 0 Å². The summed E-state index contributed by atoms with van der Waals surface area (Å²) in [6, 6.07) is 0. The van der Waals surface area contributed by atoms with Crippen molar-refractivity contribution in [2.75, 3.05) is 26.2 Å². The Morgan fingerprint density at radius 2 is 1.50 bits per heavy atom. The van der Waals surface area contributed by atoms with Crippen molar-refractivity contribution in [2.45, 2.75) is 62.5 Å². The zero-order chi connectivity index (χ0) is 18.9. The molecule has 1 aliphatic heterocycles. The maximum atomic E-state index is 13.0. The fraction of sp³-hybridized carbons (Fsp3) is 0.812. The van der Waals surface area contributed by atoms with Crippen LogP contribution < -0.4 is 0 Å². The van der Waals surface area contributed by atoms with Gasteiger partial charge in [0.15, 0.2) is 0 Å². The average Bonchev–Trinajstić information content (AvgIpc) is 2.82. The van der Waals surface area contributed by atoms with E-state index < -0.39 is 20.0 Å². The molecule has 26 heavy (non-hydrogen) atoms. The largest absolute Gasteiger partial charge is 0.281 e. The molecule has 1 saturated heterocycles. The third kappa shape index (κ3) is 3.69. The predicted octanol–water partition coefficient (Wildman–Crippen LogP) is 1.39. The Hall–Kier alpha value is -0.970. The molecule has 1 aromatic heterocycles. The molecule has 1 aromatic rings. The molecule has 0 spiro atoms. The Morgan fingerprint density at radius 1 is 0.885 bits per heavy atom. The van der Waals surface area contributed by atoms with E-state index in [9.17, 15) is 16.8 Å². The highest BCUT2D eigenvalue weighted by Gasteiger charge is 2.36. The molecule has 2 aliphatic rings. The molecule has 0 aromatic carbocycles. The van der Waals surface area contributed by atoms with Gasteiger partial charge >= 0.3 is 0 Å². The van der Waals surface area contributed by atoms with E-state index in [1.54, 1.807) is 13.8 Å². The van der Waals surface area contributed by atoms with Crippen LogP contribution in [0.3, 0.4) is 0 Å². The number of nitrogens with zero attached hydrogens (tertiary/aromatic N) is 3. The summed E-state index contributed by atoms with van der Waals surface area (Å²) in [6.45, 7) is 4.45. The number of hydrogen-bond donors (Lipinski definition) is 1. The molecule has 1 N–H and O–H groups in total. The van der Waals surface area contributed by atoms with Crippen LogP contribution in [0.5, 0.6) is 0 Å². The lowest BCUT2D eigenvalue weighted by Crippen LogP contribution is -2.42. The standard InChI is InChI=1S/C16H28N4O4S2/c1-13-16(14(2)18-17-13)26(23,24)20-10-6-9-19(11-12-20)25(21,22)15-7-4-3-5-8-15/h15H,3-12H2,1-2H3,(H,17,18). The first-order chi connectivity index (χ1) is 12.2. The van der Waals surface area contributed by atoms with Crippen molar-refractivity contribution >= 4 is 20.0 Å². The Morgan fingerprint density at radius 3 is 2.12 bits per heavy atom. The zero-order valence-corrected chi connectivity index (χ0v) is 17.1. The highest BCUT2D eigenvalue weighted by atomic mass is 32.2. The fourth-order valence-corrected chi connectivity index (χ4v) is 7.86. The molecule has 2 fully saturated rings. The van der Waals surface area contributed by atoms with E-state index in [1.807, 2.05) is 0 Å². The summed E-state index contributed by atoms with van der Waals surface area (Å²) in [6.07, 6.45) is 4.94. The minimum atomic E-state index is -3.68. The zero-order valence-electron chi connectivity index (χ0n) is 15.4. The second-order valence-corrected chi connectivity index (χ2v) is 11.3. The minimum Gasteiger partial charge on any atom is -0.281 e. The first-order valence-corrected chi connectivity index (χ1v) is 12.2. The number of hydrogen-bond acceptors (Lipinski definition) is 5. The Balaban J connectivity index is 1.76. The molecule has 10 heteroatoms. The molecule has 1 saturated carbocycles. The fourth-order valence-electron chi connectivity index (χ4n) is 3.99. The average molecular weight is 405 g/mol. The van der Waals surface area contributed by atoms with E-state index in [4.69, 9.17) is 0 Å². The van der Waals surface area contributed by atoms with Crippen molar-refractivity contribution in [1.82, 2.24) is 18.8 Å². The quantitative estimate of drug-likeness (QED) is 0.817. The lowest BCUT2D eigenvalue weighted by molar-refractivity contribution is 0.388. The summed E-state index contributed by atoms with van der Waals surface area (Å²) in [5, 5.41) is 6.38. The summed E-state index contributed by atoms with van der Waals surface area (Å²) in [4.78, 5) is 0.209. The number of aryl methyl sites for hydroxylation is 2. The number of sulfonamides is 2. The lowest BCUT2D eigenvalue weighted by Gasteiger charge is -2.28. The molecular weight excluding hydrogens is 376 g/mol. The molecule has 148 valence electrons. The van der Waals surface area contributed by atoms with E-state index in [1.165, 1.54) is 8.61 Å². The van der Waals surface area contributed by atoms with E-state index in [2.05, 4.69) is 10.2 Å². The molecular formula is C16H28N4O4S2. The van der Waals surface area contributed by atoms with Crippen molar-refractivity contribution in [2.24, 2.45) is 0 Å². The first-order valence-electron chi connectivity index (χ1n) is 9.25. The lowest BCUT2D eigenvalue weighted by atomic mass is 10.0. The van der Waals surface area contributed by atoms with Gasteiger partial charge in [-0.3, -0.25) is 5.10 Å². The highest BCUT2D eigenvalue weighted by Crippen LogP contribution is 2.28. The van der Waals surface area contributed by atoms with Crippen LogP contribution in [0, 0.1) is 13.8 Å². The van der Waals surface area contributed by atoms with Gasteiger partial charge in [0.2, 0.25) is 20.0 Å². The van der Waals surface area contributed by atoms with Crippen molar-refractivity contribution in [3.8, 4) is 0 Å². The summed E-state index contributed by atoms with van der Waals surface area (Å²) in [5.74, 6) is 0. The van der Waals surface area contributed by atoms with Crippen LogP contribution in [0.1, 0.15) is 49.9 Å². The number of aromatic amines is 1. The molecule has 1 aliphatic carbocycles. The normalized spacial score (nSPS) is 22.4. The van der Waals surface area contributed by atoms with Gasteiger partial charge in [0.25, 0.3) is 0 Å². The van der Waals surface area contributed by atoms with Crippen LogP contribution in [0.25, 0.3) is 0 Å². The number of H-pyrrole nitrogens is 1. The maximum absolute atomic E-state index is 13.0. The van der Waals surface area contributed by atoms with Crippen molar-refractivity contribution in [3.63, 3.8) is 0 Å². The summed E-state index contributed by atoms with van der Waals surface area (Å²) < 4.78 is 54.8. The summed E-state index contributed by atoms with van der Waals surface area (Å²) >= 11 is 0. The van der Waals surface area contributed by atoms with Gasteiger partial charge in [0.05, 0.1) is 16.6 Å². The number of nitrogens with one attached hydrogen (secondary N) is 1. The van der Waals surface area contributed by atoms with E-state index >= 15 is 0 Å². The third-order valence-electron chi connectivity index (χ3n) is 5.41. The first kappa shape index (κ1) is 19.8. The monoisotopic (exact) mass is 404 g/mol. The van der Waals surface area contributed by atoms with Gasteiger partial charge in [-0.1, -0.05) is 19.3 Å². The van der Waals surface area contributed by atoms with Crippen LogP contribution in [0.4, 0.5) is 0 Å². The topological polar surface area (TPSA) is 103 Å². The Bertz CT molecular complexity index is 822. The van der Waals surface area contributed by atoms with Crippen LogP contribution in [-0.2, 0) is 20.0 Å². The molecule has 0 atom stereocenters. The summed E-state index contributed by atoms with van der Waals surface area (Å²) in [7, 11) is -7.03. The number of rotatable bonds is 4. The molecule has 0 unspecified atom stereocenters. The molecule has 8 nitrogen and oxygen atoms in total. The van der Waals surface area contributed by atoms with Crippen molar-refractivity contribution < 1.29 is 16.8 Å². The highest BCUT2D eigenvalue weighted by molar-refractivity contribution is 7.90. The predicted molar refractivity (Wildman–Crippen MR) is 98.8 cm³/mol. The van der Waals surface area contributed by atoms with Gasteiger partial charge in [-0.25, -0.2) is 21.1 Å². The van der Waals surface area contributed by atoms with Gasteiger partial charge in [-0.05, 0) is 33.1 Å². The van der Waals surface area contributed by atoms with Gasteiger partial charge in [0, 0.05) is 26.2 Å². The van der Waals surface area contributed by atoms with E-state index in [0.29, 0.717) is 43.7 Å². The smallest absolute Gasteiger partial charge is 0.246 e. The molecule has 0 radical (unpaired) electrons. The van der Waals surface area contributed by atoms with Crippen LogP contribution in [0.15, 0.2) is 4.90 Å². The minimum absolute atomic E-state index is 0.179. The second-order valence-electron chi connectivity index (χ2n) is 7.22. The van der Waals surface area contributed by atoms with Crippen LogP contribution in [0.2, 0.25) is 0 Å². The van der Waals surface area contributed by atoms with Gasteiger partial charge < -0.3 is 0 Å². The Kier molecular flexibility index (Phi) is 5.76. The third-order valence-corrected chi connectivity index (χ3v) is 9.97. The summed E-state index contributed by atoms with van der Waals surface area (Å²) in [5.41, 5.74) is 0.955. The maximum Gasteiger partial charge on any atom is 0.246 e. The number of aromatic nitrogens is 2. The van der Waals surface area contributed by atoms with Crippen molar-refractivity contribution in [3.05, 3.63) is 11.4 Å². The van der Waals surface area contributed by atoms with E-state index in [-0.39, 0.29) is 23.2 Å². The second kappa shape index (κ2) is 7.57. The van der Waals surface area contributed by atoms with Crippen LogP contribution >= 0.6 is 0 Å². The van der Waals surface area contributed by atoms with E-state index in [0.717, 1.165) is 19.3 Å². The van der Waals surface area contributed by atoms with Gasteiger partial charge in [-0.15, -0.1) is 0 Å². The van der Waals surface area contributed by atoms with Crippen LogP contribution in [-0.4, -0.2) is 67.1 Å². The molecule has 0 amide bonds. The van der Waals surface area contributed by atoms with Gasteiger partial charge in [-0.2, -0.15) is 9.40 Å². The Labute approximate surface area is 156 Å². The molecule has 2 heterocycles.